The van der Waals surface area contributed by atoms with Crippen molar-refractivity contribution < 1.29 is 7.87 Å². The van der Waals surface area contributed by atoms with Crippen molar-refractivity contribution in [2.24, 2.45) is 0 Å². The molecule has 0 aromatic carbocycles. The number of carbonyl (C=O) groups is 1. The van der Waals surface area contributed by atoms with Crippen LogP contribution in [0.1, 0.15) is 59.3 Å². The zero-order chi connectivity index (χ0) is 14.6. The van der Waals surface area contributed by atoms with Crippen LogP contribution in [0.5, 0.6) is 0 Å². The van der Waals surface area contributed by atoms with Gasteiger partial charge in [0.05, 0.1) is 0 Å². The van der Waals surface area contributed by atoms with Crippen molar-refractivity contribution in [3.05, 3.63) is 10.2 Å². The summed E-state index contributed by atoms with van der Waals surface area (Å²) < 4.78 is 11.5. The van der Waals surface area contributed by atoms with E-state index in [1.54, 1.807) is 10.2 Å². The van der Waals surface area contributed by atoms with Gasteiger partial charge in [-0.2, -0.15) is 0 Å². The third-order valence-corrected chi connectivity index (χ3v) is 16.5. The summed E-state index contributed by atoms with van der Waals surface area (Å²) in [6, 6.07) is 0. The molecule has 0 saturated heterocycles. The van der Waals surface area contributed by atoms with Gasteiger partial charge in [0.15, 0.2) is 0 Å². The topological polar surface area (TPSA) is 26.3 Å². The van der Waals surface area contributed by atoms with Gasteiger partial charge in [-0.3, -0.25) is 0 Å². The standard InChI is InChI=1S/3C4H9.C3H3IO2.Sn/c3*1-3-4-2;4-2-1-3(5)6;/h3*1,3-4H2,2H3;1-2H,(H,5,6);/q;;;;+1/p-1/b;;;2-1+;. The molecule has 0 aromatic heterocycles. The molecule has 4 heteroatoms. The SMILES string of the molecule is CCC[CH2][Sn]([CH2]CCC)([CH2]CCC)[O]C(=O)/C=C/I. The summed E-state index contributed by atoms with van der Waals surface area (Å²) in [6.45, 7) is 6.68. The van der Waals surface area contributed by atoms with Crippen molar-refractivity contribution in [2.45, 2.75) is 72.6 Å². The van der Waals surface area contributed by atoms with E-state index < -0.39 is 18.8 Å². The van der Waals surface area contributed by atoms with E-state index in [4.69, 9.17) is 3.07 Å². The van der Waals surface area contributed by atoms with Gasteiger partial charge in [-0.05, 0) is 0 Å². The molecule has 0 N–H and O–H groups in total. The van der Waals surface area contributed by atoms with Gasteiger partial charge >= 0.3 is 138 Å². The molecule has 2 nitrogen and oxygen atoms in total. The maximum atomic E-state index is 11.9. The Hall–Kier alpha value is 0.739. The Morgan fingerprint density at radius 1 is 1.00 bits per heavy atom. The molecular weight excluding hydrogens is 458 g/mol. The molecule has 0 fully saturated rings. The van der Waals surface area contributed by atoms with E-state index in [9.17, 15) is 4.79 Å². The van der Waals surface area contributed by atoms with E-state index in [-0.39, 0.29) is 5.97 Å². The predicted molar refractivity (Wildman–Crippen MR) is 94.2 cm³/mol. The van der Waals surface area contributed by atoms with Gasteiger partial charge in [0, 0.05) is 0 Å². The van der Waals surface area contributed by atoms with Gasteiger partial charge < -0.3 is 0 Å². The van der Waals surface area contributed by atoms with Gasteiger partial charge in [0.1, 0.15) is 0 Å². The van der Waals surface area contributed by atoms with Crippen LogP contribution in [0, 0.1) is 0 Å². The first-order valence-electron chi connectivity index (χ1n) is 7.63. The van der Waals surface area contributed by atoms with E-state index in [0.29, 0.717) is 0 Å². The second kappa shape index (κ2) is 12.5. The first-order chi connectivity index (χ1) is 9.14. The quantitative estimate of drug-likeness (QED) is 0.209. The van der Waals surface area contributed by atoms with E-state index in [1.165, 1.54) is 51.8 Å². The fraction of sp³-hybridized carbons (Fsp3) is 0.800. The molecule has 0 aliphatic carbocycles. The monoisotopic (exact) mass is 488 g/mol. The van der Waals surface area contributed by atoms with Crippen LogP contribution in [-0.4, -0.2) is 24.8 Å². The van der Waals surface area contributed by atoms with E-state index in [1.807, 2.05) is 0 Å². The first-order valence-corrected chi connectivity index (χ1v) is 16.1. The summed E-state index contributed by atoms with van der Waals surface area (Å²) in [6.07, 6.45) is 8.88. The molecule has 112 valence electrons. The minimum atomic E-state index is -2.70. The second-order valence-electron chi connectivity index (χ2n) is 5.21. The van der Waals surface area contributed by atoms with Gasteiger partial charge in [0.25, 0.3) is 0 Å². The van der Waals surface area contributed by atoms with Crippen LogP contribution >= 0.6 is 22.6 Å². The van der Waals surface area contributed by atoms with Gasteiger partial charge in [0.2, 0.25) is 0 Å². The molecule has 0 aromatic rings. The Balaban J connectivity index is 4.79. The average Bonchev–Trinajstić information content (AvgIpc) is 2.40. The molecular formula is C15H29IO2Sn. The molecule has 0 aliphatic heterocycles. The number of halogens is 1. The van der Waals surface area contributed by atoms with Crippen molar-refractivity contribution in [2.75, 3.05) is 0 Å². The van der Waals surface area contributed by atoms with E-state index in [0.717, 1.165) is 0 Å². The zero-order valence-corrected chi connectivity index (χ0v) is 17.7. The van der Waals surface area contributed by atoms with Crippen LogP contribution in [0.2, 0.25) is 13.3 Å². The Bertz CT molecular complexity index is 245. The number of rotatable bonds is 11. The van der Waals surface area contributed by atoms with Crippen LogP contribution in [0.3, 0.4) is 0 Å². The molecule has 0 radical (unpaired) electrons. The second-order valence-corrected chi connectivity index (χ2v) is 17.5. The van der Waals surface area contributed by atoms with E-state index >= 15 is 0 Å². The van der Waals surface area contributed by atoms with Crippen molar-refractivity contribution in [1.82, 2.24) is 0 Å². The van der Waals surface area contributed by atoms with Crippen LogP contribution in [-0.2, 0) is 7.87 Å². The van der Waals surface area contributed by atoms with Crippen molar-refractivity contribution in [1.29, 1.82) is 0 Å². The normalized spacial score (nSPS) is 12.0. The molecule has 0 unspecified atom stereocenters. The Kier molecular flexibility index (Phi) is 13.0. The summed E-state index contributed by atoms with van der Waals surface area (Å²) in [4.78, 5) is 11.9. The molecule has 0 aliphatic rings. The zero-order valence-electron chi connectivity index (χ0n) is 12.7. The third-order valence-electron chi connectivity index (χ3n) is 3.47. The van der Waals surface area contributed by atoms with E-state index in [2.05, 4.69) is 43.4 Å². The molecule has 0 heterocycles. The molecule has 0 bridgehead atoms. The third kappa shape index (κ3) is 9.32. The molecule has 19 heavy (non-hydrogen) atoms. The molecule has 0 saturated carbocycles. The fourth-order valence-electron chi connectivity index (χ4n) is 2.32. The van der Waals surface area contributed by atoms with Crippen LogP contribution in [0.15, 0.2) is 10.2 Å². The Labute approximate surface area is 137 Å². The van der Waals surface area contributed by atoms with Crippen LogP contribution in [0.4, 0.5) is 0 Å². The summed E-state index contributed by atoms with van der Waals surface area (Å²) in [5.74, 6) is -0.0893. The van der Waals surface area contributed by atoms with Crippen molar-refractivity contribution in [3.63, 3.8) is 0 Å². The van der Waals surface area contributed by atoms with Crippen LogP contribution in [0.25, 0.3) is 0 Å². The average molecular weight is 487 g/mol. The minimum absolute atomic E-state index is 0.0893. The summed E-state index contributed by atoms with van der Waals surface area (Å²) >= 11 is -0.618. The molecule has 0 atom stereocenters. The van der Waals surface area contributed by atoms with Crippen LogP contribution < -0.4 is 0 Å². The summed E-state index contributed by atoms with van der Waals surface area (Å²) in [5.41, 5.74) is 0. The number of unbranched alkanes of at least 4 members (excludes halogenated alkanes) is 3. The predicted octanol–water partition coefficient (Wildman–Crippen LogP) is 5.82. The number of hydrogen-bond acceptors (Lipinski definition) is 2. The number of hydrogen-bond donors (Lipinski definition) is 0. The Morgan fingerprint density at radius 3 is 1.74 bits per heavy atom. The number of carbonyl (C=O) groups excluding carboxylic acids is 1. The first kappa shape index (κ1) is 19.7. The van der Waals surface area contributed by atoms with Gasteiger partial charge in [-0.1, -0.05) is 0 Å². The Morgan fingerprint density at radius 2 is 1.42 bits per heavy atom. The summed E-state index contributed by atoms with van der Waals surface area (Å²) in [7, 11) is 0. The van der Waals surface area contributed by atoms with Crippen molar-refractivity contribution in [3.8, 4) is 0 Å². The van der Waals surface area contributed by atoms with Gasteiger partial charge in [-0.15, -0.1) is 0 Å². The molecule has 0 amide bonds. The molecule has 0 rings (SSSR count). The summed E-state index contributed by atoms with van der Waals surface area (Å²) in [5, 5.41) is 0. The fourth-order valence-corrected chi connectivity index (χ4v) is 15.6. The maximum absolute atomic E-state index is 11.9. The van der Waals surface area contributed by atoms with Gasteiger partial charge in [-0.25, -0.2) is 0 Å². The van der Waals surface area contributed by atoms with Crippen molar-refractivity contribution >= 4 is 47.4 Å². The molecule has 0 spiro atoms.